The molecule has 0 aromatic carbocycles. The first-order chi connectivity index (χ1) is 6.81. The predicted octanol–water partition coefficient (Wildman–Crippen LogP) is 1.01. The number of hydrogen-bond acceptors (Lipinski definition) is 4. The number of aromatic amines is 1. The van der Waals surface area contributed by atoms with E-state index in [1.165, 1.54) is 0 Å². The third-order valence-corrected chi connectivity index (χ3v) is 2.03. The van der Waals surface area contributed by atoms with Gasteiger partial charge in [0.15, 0.2) is 0 Å². The smallest absolute Gasteiger partial charge is 0.220 e. The molecule has 0 aliphatic rings. The summed E-state index contributed by atoms with van der Waals surface area (Å²) in [5.74, 6) is 0.314. The Morgan fingerprint density at radius 2 is 2.29 bits per heavy atom. The van der Waals surface area contributed by atoms with Gasteiger partial charge in [0.1, 0.15) is 0 Å². The zero-order valence-electron chi connectivity index (χ0n) is 7.86. The predicted molar refractivity (Wildman–Crippen MR) is 53.4 cm³/mol. The fourth-order valence-electron chi connectivity index (χ4n) is 1.34. The monoisotopic (exact) mass is 189 g/mol. The van der Waals surface area contributed by atoms with Crippen LogP contribution in [0.2, 0.25) is 0 Å². The highest BCUT2D eigenvalue weighted by molar-refractivity contribution is 5.63. The minimum Gasteiger partial charge on any atom is -0.368 e. The molecule has 72 valence electrons. The van der Waals surface area contributed by atoms with E-state index in [0.29, 0.717) is 5.95 Å². The van der Waals surface area contributed by atoms with Crippen LogP contribution in [0.15, 0.2) is 18.6 Å². The third-order valence-electron chi connectivity index (χ3n) is 2.03. The Labute approximate surface area is 81.4 Å². The summed E-state index contributed by atoms with van der Waals surface area (Å²) in [5.41, 5.74) is 8.42. The van der Waals surface area contributed by atoms with Crippen molar-refractivity contribution in [2.24, 2.45) is 0 Å². The van der Waals surface area contributed by atoms with E-state index in [1.54, 1.807) is 12.4 Å². The lowest BCUT2D eigenvalue weighted by molar-refractivity contribution is 1.01. The summed E-state index contributed by atoms with van der Waals surface area (Å²) in [7, 11) is 0. The van der Waals surface area contributed by atoms with Crippen LogP contribution in [-0.2, 0) is 6.42 Å². The van der Waals surface area contributed by atoms with E-state index in [4.69, 9.17) is 5.73 Å². The van der Waals surface area contributed by atoms with Crippen LogP contribution in [0.5, 0.6) is 0 Å². The van der Waals surface area contributed by atoms with Gasteiger partial charge in [-0.25, -0.2) is 9.97 Å². The molecule has 0 saturated carbocycles. The summed E-state index contributed by atoms with van der Waals surface area (Å²) in [4.78, 5) is 8.14. The number of nitrogens with zero attached hydrogens (tertiary/aromatic N) is 3. The minimum absolute atomic E-state index is 0.314. The molecule has 0 fully saturated rings. The summed E-state index contributed by atoms with van der Waals surface area (Å²) in [6.07, 6.45) is 6.11. The second-order valence-electron chi connectivity index (χ2n) is 2.93. The fourth-order valence-corrected chi connectivity index (χ4v) is 1.34. The highest BCUT2D eigenvalue weighted by Gasteiger charge is 2.06. The van der Waals surface area contributed by atoms with Crippen LogP contribution in [0.4, 0.5) is 5.95 Å². The van der Waals surface area contributed by atoms with Gasteiger partial charge in [0, 0.05) is 23.5 Å². The molecule has 3 N–H and O–H groups in total. The molecule has 14 heavy (non-hydrogen) atoms. The summed E-state index contributed by atoms with van der Waals surface area (Å²) in [6, 6.07) is 0. The van der Waals surface area contributed by atoms with E-state index in [-0.39, 0.29) is 0 Å². The Morgan fingerprint density at radius 1 is 1.43 bits per heavy atom. The van der Waals surface area contributed by atoms with Crippen molar-refractivity contribution < 1.29 is 0 Å². The molecule has 0 aliphatic heterocycles. The fraction of sp³-hybridized carbons (Fsp3) is 0.222. The van der Waals surface area contributed by atoms with Crippen molar-refractivity contribution in [1.82, 2.24) is 20.2 Å². The van der Waals surface area contributed by atoms with Gasteiger partial charge in [0.05, 0.1) is 11.9 Å². The van der Waals surface area contributed by atoms with Gasteiger partial charge in [-0.3, -0.25) is 5.10 Å². The third kappa shape index (κ3) is 1.44. The van der Waals surface area contributed by atoms with E-state index >= 15 is 0 Å². The zero-order valence-corrected chi connectivity index (χ0v) is 7.86. The van der Waals surface area contributed by atoms with Crippen LogP contribution in [0, 0.1) is 0 Å². The Morgan fingerprint density at radius 3 is 2.93 bits per heavy atom. The van der Waals surface area contributed by atoms with Crippen LogP contribution in [0.25, 0.3) is 11.1 Å². The SMILES string of the molecule is CCc1nc(N)ncc1-c1cn[nH]c1. The molecule has 0 bridgehead atoms. The van der Waals surface area contributed by atoms with Gasteiger partial charge >= 0.3 is 0 Å². The first-order valence-electron chi connectivity index (χ1n) is 4.41. The number of anilines is 1. The number of nitrogen functional groups attached to an aromatic ring is 1. The van der Waals surface area contributed by atoms with Crippen LogP contribution >= 0.6 is 0 Å². The van der Waals surface area contributed by atoms with Crippen LogP contribution in [0.3, 0.4) is 0 Å². The van der Waals surface area contributed by atoms with Crippen LogP contribution in [0.1, 0.15) is 12.6 Å². The maximum absolute atomic E-state index is 5.51. The molecule has 0 saturated heterocycles. The van der Waals surface area contributed by atoms with Crippen molar-refractivity contribution in [1.29, 1.82) is 0 Å². The highest BCUT2D eigenvalue weighted by Crippen LogP contribution is 2.20. The Kier molecular flexibility index (Phi) is 2.14. The van der Waals surface area contributed by atoms with Crippen molar-refractivity contribution in [3.05, 3.63) is 24.3 Å². The molecule has 0 amide bonds. The van der Waals surface area contributed by atoms with Gasteiger partial charge in [-0.05, 0) is 6.42 Å². The molecule has 0 aliphatic carbocycles. The van der Waals surface area contributed by atoms with Crippen molar-refractivity contribution >= 4 is 5.95 Å². The molecule has 0 unspecified atom stereocenters. The second-order valence-corrected chi connectivity index (χ2v) is 2.93. The Bertz CT molecular complexity index is 421. The van der Waals surface area contributed by atoms with Gasteiger partial charge in [-0.15, -0.1) is 0 Å². The van der Waals surface area contributed by atoms with Crippen molar-refractivity contribution in [3.8, 4) is 11.1 Å². The lowest BCUT2D eigenvalue weighted by Crippen LogP contribution is -2.00. The van der Waals surface area contributed by atoms with Gasteiger partial charge in [0.25, 0.3) is 0 Å². The number of nitrogens with two attached hydrogens (primary N) is 1. The van der Waals surface area contributed by atoms with E-state index < -0.39 is 0 Å². The standard InChI is InChI=1S/C9H11N5/c1-2-8-7(5-11-9(10)14-8)6-3-12-13-4-6/h3-5H,2H2,1H3,(H,12,13)(H2,10,11,14). The normalized spacial score (nSPS) is 10.4. The van der Waals surface area contributed by atoms with Gasteiger partial charge < -0.3 is 5.73 Å². The van der Waals surface area contributed by atoms with Crippen LogP contribution < -0.4 is 5.73 Å². The molecule has 2 aromatic heterocycles. The van der Waals surface area contributed by atoms with Gasteiger partial charge in [-0.1, -0.05) is 6.92 Å². The lowest BCUT2D eigenvalue weighted by atomic mass is 10.1. The molecule has 5 heteroatoms. The first kappa shape index (κ1) is 8.68. The zero-order chi connectivity index (χ0) is 9.97. The number of rotatable bonds is 2. The lowest BCUT2D eigenvalue weighted by Gasteiger charge is -2.03. The summed E-state index contributed by atoms with van der Waals surface area (Å²) in [6.45, 7) is 2.03. The maximum Gasteiger partial charge on any atom is 0.220 e. The van der Waals surface area contributed by atoms with Crippen molar-refractivity contribution in [2.45, 2.75) is 13.3 Å². The average molecular weight is 189 g/mol. The number of H-pyrrole nitrogens is 1. The molecule has 2 aromatic rings. The number of hydrogen-bond donors (Lipinski definition) is 2. The molecule has 0 spiro atoms. The maximum atomic E-state index is 5.51. The average Bonchev–Trinajstić information content (AvgIpc) is 2.70. The topological polar surface area (TPSA) is 80.5 Å². The van der Waals surface area contributed by atoms with E-state index in [9.17, 15) is 0 Å². The molecular formula is C9H11N5. The highest BCUT2D eigenvalue weighted by atomic mass is 15.1. The molecule has 0 radical (unpaired) electrons. The molecule has 2 heterocycles. The van der Waals surface area contributed by atoms with Crippen molar-refractivity contribution in [2.75, 3.05) is 5.73 Å². The molecule has 2 rings (SSSR count). The summed E-state index contributed by atoms with van der Waals surface area (Å²) >= 11 is 0. The van der Waals surface area contributed by atoms with Gasteiger partial charge in [-0.2, -0.15) is 5.10 Å². The first-order valence-corrected chi connectivity index (χ1v) is 4.41. The second kappa shape index (κ2) is 3.45. The molecule has 0 atom stereocenters. The quantitative estimate of drug-likeness (QED) is 0.738. The summed E-state index contributed by atoms with van der Waals surface area (Å²) in [5, 5.41) is 6.64. The van der Waals surface area contributed by atoms with E-state index in [1.807, 2.05) is 13.1 Å². The molecular weight excluding hydrogens is 178 g/mol. The van der Waals surface area contributed by atoms with Crippen LogP contribution in [-0.4, -0.2) is 20.2 Å². The number of nitrogens with one attached hydrogen (secondary N) is 1. The minimum atomic E-state index is 0.314. The number of aromatic nitrogens is 4. The Hall–Kier alpha value is -1.91. The largest absolute Gasteiger partial charge is 0.368 e. The van der Waals surface area contributed by atoms with Gasteiger partial charge in [0.2, 0.25) is 5.95 Å². The van der Waals surface area contributed by atoms with E-state index in [0.717, 1.165) is 23.2 Å². The summed E-state index contributed by atoms with van der Waals surface area (Å²) < 4.78 is 0. The number of aryl methyl sites for hydroxylation is 1. The van der Waals surface area contributed by atoms with Crippen molar-refractivity contribution in [3.63, 3.8) is 0 Å². The Balaban J connectivity index is 2.53. The van der Waals surface area contributed by atoms with E-state index in [2.05, 4.69) is 20.2 Å². The molecule has 5 nitrogen and oxygen atoms in total.